The number of aryl methyl sites for hydroxylation is 1. The molecule has 190 valence electrons. The predicted octanol–water partition coefficient (Wildman–Crippen LogP) is 4.46. The molecule has 5 rings (SSSR count). The van der Waals surface area contributed by atoms with Crippen LogP contribution in [-0.4, -0.2) is 47.0 Å². The lowest BCUT2D eigenvalue weighted by Crippen LogP contribution is -2.47. The normalized spacial score (nSPS) is 13.6. The highest BCUT2D eigenvalue weighted by Gasteiger charge is 2.21. The molecule has 1 aliphatic heterocycles. The summed E-state index contributed by atoms with van der Waals surface area (Å²) in [7, 11) is 0. The first-order valence-electron chi connectivity index (χ1n) is 12.0. The minimum absolute atomic E-state index is 0.195. The number of halogens is 1. The average Bonchev–Trinajstić information content (AvgIpc) is 3.41. The number of nitrogens with one attached hydrogen (secondary N) is 1. The molecule has 1 amide bonds. The highest BCUT2D eigenvalue weighted by atomic mass is 32.2. The van der Waals surface area contributed by atoms with Crippen molar-refractivity contribution in [3.8, 4) is 0 Å². The highest BCUT2D eigenvalue weighted by molar-refractivity contribution is 7.98. The Kier molecular flexibility index (Phi) is 7.65. The van der Waals surface area contributed by atoms with Gasteiger partial charge >= 0.3 is 0 Å². The molecule has 0 atom stereocenters. The van der Waals surface area contributed by atoms with Crippen molar-refractivity contribution in [2.45, 2.75) is 24.4 Å². The summed E-state index contributed by atoms with van der Waals surface area (Å²) >= 11 is 1.46. The van der Waals surface area contributed by atoms with Gasteiger partial charge in [-0.25, -0.2) is 14.4 Å². The Balaban J connectivity index is 1.16. The number of hydrogen-bond acceptors (Lipinski definition) is 8. The molecule has 4 aromatic rings. The summed E-state index contributed by atoms with van der Waals surface area (Å²) in [4.78, 5) is 30.2. The number of nitrogens with zero attached hydrogens (tertiary/aromatic N) is 5. The molecule has 1 fully saturated rings. The minimum atomic E-state index is -0.287. The number of aromatic nitrogens is 3. The van der Waals surface area contributed by atoms with Crippen LogP contribution in [0.25, 0.3) is 0 Å². The lowest BCUT2D eigenvalue weighted by molar-refractivity contribution is 0.0921. The van der Waals surface area contributed by atoms with Gasteiger partial charge in [-0.05, 0) is 43.3 Å². The van der Waals surface area contributed by atoms with Crippen molar-refractivity contribution in [1.82, 2.24) is 20.3 Å². The van der Waals surface area contributed by atoms with Crippen LogP contribution < -0.4 is 15.1 Å². The Hall–Kier alpha value is -3.92. The summed E-state index contributed by atoms with van der Waals surface area (Å²) in [5.74, 6) is 1.79. The Labute approximate surface area is 218 Å². The van der Waals surface area contributed by atoms with Crippen LogP contribution in [0.15, 0.2) is 76.4 Å². The number of furan rings is 1. The maximum atomic E-state index is 14.2. The zero-order valence-corrected chi connectivity index (χ0v) is 21.2. The first kappa shape index (κ1) is 24.8. The van der Waals surface area contributed by atoms with E-state index in [1.165, 1.54) is 17.8 Å². The van der Waals surface area contributed by atoms with Crippen LogP contribution in [0.5, 0.6) is 0 Å². The molecule has 0 radical (unpaired) electrons. The number of para-hydroxylation sites is 1. The van der Waals surface area contributed by atoms with Crippen LogP contribution in [0.1, 0.15) is 27.7 Å². The molecule has 4 heterocycles. The molecule has 0 aliphatic carbocycles. The van der Waals surface area contributed by atoms with Crippen molar-refractivity contribution < 1.29 is 13.6 Å². The first-order valence-corrected chi connectivity index (χ1v) is 13.0. The van der Waals surface area contributed by atoms with E-state index in [1.807, 2.05) is 43.3 Å². The number of benzene rings is 1. The van der Waals surface area contributed by atoms with Crippen molar-refractivity contribution in [1.29, 1.82) is 0 Å². The summed E-state index contributed by atoms with van der Waals surface area (Å²) in [5.41, 5.74) is 2.29. The average molecular weight is 519 g/mol. The van der Waals surface area contributed by atoms with Gasteiger partial charge in [0.1, 0.15) is 17.4 Å². The molecule has 37 heavy (non-hydrogen) atoms. The Morgan fingerprint density at radius 3 is 2.59 bits per heavy atom. The largest absolute Gasteiger partial charge is 0.455 e. The minimum Gasteiger partial charge on any atom is -0.455 e. The number of carbonyl (C=O) groups excluding carboxylic acids is 1. The van der Waals surface area contributed by atoms with Crippen LogP contribution in [-0.2, 0) is 12.3 Å². The van der Waals surface area contributed by atoms with Crippen molar-refractivity contribution in [2.75, 3.05) is 36.0 Å². The third-order valence-electron chi connectivity index (χ3n) is 6.00. The van der Waals surface area contributed by atoms with Crippen molar-refractivity contribution in [3.63, 3.8) is 0 Å². The molecule has 3 aromatic heterocycles. The predicted molar refractivity (Wildman–Crippen MR) is 141 cm³/mol. The number of hydrogen-bond donors (Lipinski definition) is 1. The van der Waals surface area contributed by atoms with E-state index in [-0.39, 0.29) is 17.5 Å². The molecule has 0 bridgehead atoms. The van der Waals surface area contributed by atoms with Crippen molar-refractivity contribution in [3.05, 3.63) is 95.6 Å². The van der Waals surface area contributed by atoms with Crippen LogP contribution in [0.4, 0.5) is 15.9 Å². The molecule has 1 aliphatic rings. The lowest BCUT2D eigenvalue weighted by Gasteiger charge is -2.37. The van der Waals surface area contributed by atoms with Crippen molar-refractivity contribution >= 4 is 29.2 Å². The molecular formula is C27H27FN6O2S. The van der Waals surface area contributed by atoms with E-state index < -0.39 is 0 Å². The molecule has 0 unspecified atom stereocenters. The second-order valence-electron chi connectivity index (χ2n) is 8.63. The number of thioether (sulfide) groups is 1. The third-order valence-corrected chi connectivity index (χ3v) is 6.87. The second-order valence-corrected chi connectivity index (χ2v) is 9.58. The van der Waals surface area contributed by atoms with E-state index in [4.69, 9.17) is 9.40 Å². The fourth-order valence-electron chi connectivity index (χ4n) is 4.11. The summed E-state index contributed by atoms with van der Waals surface area (Å²) in [6, 6.07) is 17.9. The van der Waals surface area contributed by atoms with E-state index in [9.17, 15) is 9.18 Å². The van der Waals surface area contributed by atoms with Gasteiger partial charge in [-0.3, -0.25) is 9.78 Å². The summed E-state index contributed by atoms with van der Waals surface area (Å²) in [6.45, 7) is 5.18. The van der Waals surface area contributed by atoms with Crippen LogP contribution in [0.3, 0.4) is 0 Å². The zero-order chi connectivity index (χ0) is 25.6. The smallest absolute Gasteiger partial charge is 0.287 e. The van der Waals surface area contributed by atoms with E-state index in [2.05, 4.69) is 25.1 Å². The second kappa shape index (κ2) is 11.4. The van der Waals surface area contributed by atoms with Crippen LogP contribution in [0.2, 0.25) is 0 Å². The maximum absolute atomic E-state index is 14.2. The first-order chi connectivity index (χ1) is 18.0. The van der Waals surface area contributed by atoms with Gasteiger partial charge in [0.05, 0.1) is 23.7 Å². The van der Waals surface area contributed by atoms with Crippen molar-refractivity contribution in [2.24, 2.45) is 0 Å². The molecule has 0 spiro atoms. The molecular weight excluding hydrogens is 491 g/mol. The zero-order valence-electron chi connectivity index (χ0n) is 20.4. The molecule has 0 saturated carbocycles. The van der Waals surface area contributed by atoms with E-state index in [1.54, 1.807) is 24.4 Å². The third kappa shape index (κ3) is 6.26. The number of rotatable bonds is 8. The van der Waals surface area contributed by atoms with Gasteiger partial charge in [-0.1, -0.05) is 30.0 Å². The maximum Gasteiger partial charge on any atom is 0.287 e. The Bertz CT molecular complexity index is 1360. The molecule has 8 nitrogen and oxygen atoms in total. The molecule has 1 saturated heterocycles. The van der Waals surface area contributed by atoms with Gasteiger partial charge in [0.2, 0.25) is 0 Å². The monoisotopic (exact) mass is 518 g/mol. The number of pyridine rings is 1. The van der Waals surface area contributed by atoms with Gasteiger partial charge in [-0.2, -0.15) is 0 Å². The Morgan fingerprint density at radius 2 is 1.81 bits per heavy atom. The topological polar surface area (TPSA) is 87.4 Å². The fourth-order valence-corrected chi connectivity index (χ4v) is 4.90. The van der Waals surface area contributed by atoms with E-state index >= 15 is 0 Å². The molecule has 1 aromatic carbocycles. The summed E-state index contributed by atoms with van der Waals surface area (Å²) in [5, 5.41) is 3.46. The SMILES string of the molecule is Cc1cc(N2CCN(c3ccccc3F)CC2)nc(SCc2ccc(C(=O)NCc3ccccn3)o2)n1. The Morgan fingerprint density at radius 1 is 1.03 bits per heavy atom. The fraction of sp³-hybridized carbons (Fsp3) is 0.259. The van der Waals surface area contributed by atoms with Gasteiger partial charge in [-0.15, -0.1) is 0 Å². The standard InChI is InChI=1S/C27H27FN6O2S/c1-19-16-25(34-14-12-33(13-15-34)23-8-3-2-7-22(23)28)32-27(31-19)37-18-21-9-10-24(36-21)26(35)30-17-20-6-4-5-11-29-20/h2-11,16H,12-15,17-18H2,1H3,(H,30,35). The van der Waals surface area contributed by atoms with Gasteiger partial charge in [0.25, 0.3) is 5.91 Å². The molecule has 1 N–H and O–H groups in total. The highest BCUT2D eigenvalue weighted by Crippen LogP contribution is 2.26. The van der Waals surface area contributed by atoms with Crippen LogP contribution >= 0.6 is 11.8 Å². The van der Waals surface area contributed by atoms with E-state index in [0.717, 1.165) is 30.3 Å². The van der Waals surface area contributed by atoms with Gasteiger partial charge in [0.15, 0.2) is 10.9 Å². The lowest BCUT2D eigenvalue weighted by atomic mass is 10.2. The van der Waals surface area contributed by atoms with Gasteiger partial charge in [0, 0.05) is 44.1 Å². The number of anilines is 2. The molecule has 10 heteroatoms. The van der Waals surface area contributed by atoms with Gasteiger partial charge < -0.3 is 19.5 Å². The summed E-state index contributed by atoms with van der Waals surface area (Å²) < 4.78 is 19.9. The van der Waals surface area contributed by atoms with E-state index in [0.29, 0.717) is 42.0 Å². The summed E-state index contributed by atoms with van der Waals surface area (Å²) in [6.07, 6.45) is 1.69. The quantitative estimate of drug-likeness (QED) is 0.270. The number of amides is 1. The number of carbonyl (C=O) groups is 1. The van der Waals surface area contributed by atoms with Crippen LogP contribution in [0, 0.1) is 12.7 Å². The number of piperazine rings is 1.